The van der Waals surface area contributed by atoms with Gasteiger partial charge in [-0.15, -0.1) is 0 Å². The molecule has 1 unspecified atom stereocenters. The van der Waals surface area contributed by atoms with Gasteiger partial charge in [0.1, 0.15) is 5.75 Å². The van der Waals surface area contributed by atoms with E-state index in [1.807, 2.05) is 24.3 Å². The molecule has 25 heavy (non-hydrogen) atoms. The molecule has 0 spiro atoms. The number of carbonyl (C=O) groups excluding carboxylic acids is 1. The Morgan fingerprint density at radius 3 is 2.12 bits per heavy atom. The van der Waals surface area contributed by atoms with Gasteiger partial charge in [0.05, 0.1) is 5.56 Å². The fraction of sp³-hybridized carbons (Fsp3) is 0. The molecule has 116 valence electrons. The number of phosphoric acid groups is 1. The number of phosphoric ester groups is 1. The van der Waals surface area contributed by atoms with Crippen LogP contribution in [0.5, 0.6) is 5.75 Å². The molecule has 0 radical (unpaired) electrons. The Morgan fingerprint density at radius 1 is 0.840 bits per heavy atom. The van der Waals surface area contributed by atoms with Crippen molar-refractivity contribution < 1.29 is 82.4 Å². The number of fused-ring (bicyclic) bond motifs is 1. The normalized spacial score (nSPS) is 12.2. The molecule has 3 aromatic rings. The summed E-state index contributed by atoms with van der Waals surface area (Å²) in [5.41, 5.74) is 0.130. The number of benzene rings is 3. The number of carbonyl (C=O) groups is 1. The van der Waals surface area contributed by atoms with Gasteiger partial charge in [-0.2, -0.15) is 0 Å². The van der Waals surface area contributed by atoms with E-state index in [2.05, 4.69) is 4.52 Å². The van der Waals surface area contributed by atoms with E-state index in [0.717, 1.165) is 10.8 Å². The second kappa shape index (κ2) is 9.91. The molecule has 3 aromatic carbocycles. The second-order valence-corrected chi connectivity index (χ2v) is 6.05. The SMILES string of the molecule is O=C(OP(=O)([O-])Oc1ccc2ccccc2c1)c1ccccc1.[Na+].[Na+]. The van der Waals surface area contributed by atoms with Crippen LogP contribution in [0.2, 0.25) is 0 Å². The van der Waals surface area contributed by atoms with E-state index >= 15 is 0 Å². The molecule has 0 aromatic heterocycles. The van der Waals surface area contributed by atoms with E-state index < -0.39 is 13.8 Å². The van der Waals surface area contributed by atoms with E-state index in [-0.39, 0.29) is 70.4 Å². The summed E-state index contributed by atoms with van der Waals surface area (Å²) in [7, 11) is -4.81. The van der Waals surface area contributed by atoms with Crippen LogP contribution in [0.25, 0.3) is 10.8 Å². The van der Waals surface area contributed by atoms with Crippen molar-refractivity contribution in [3.63, 3.8) is 0 Å². The third-order valence-corrected chi connectivity index (χ3v) is 3.97. The topological polar surface area (TPSA) is 75.7 Å². The average molecular weight is 373 g/mol. The molecule has 0 amide bonds. The number of rotatable bonds is 4. The van der Waals surface area contributed by atoms with E-state index in [4.69, 9.17) is 4.52 Å². The minimum atomic E-state index is -4.81. The fourth-order valence-electron chi connectivity index (χ4n) is 2.10. The van der Waals surface area contributed by atoms with Crippen molar-refractivity contribution in [2.45, 2.75) is 0 Å². The summed E-state index contributed by atoms with van der Waals surface area (Å²) in [5, 5.41) is 1.77. The third-order valence-electron chi connectivity index (χ3n) is 3.14. The maximum Gasteiger partial charge on any atom is 1.00 e. The quantitative estimate of drug-likeness (QED) is 0.375. The molecule has 0 saturated heterocycles. The van der Waals surface area contributed by atoms with Crippen LogP contribution in [-0.2, 0) is 9.09 Å². The van der Waals surface area contributed by atoms with Gasteiger partial charge in [0.2, 0.25) is 0 Å². The maximum atomic E-state index is 11.9. The Hall–Kier alpha value is -0.620. The Balaban J connectivity index is 0.00000156. The van der Waals surface area contributed by atoms with Gasteiger partial charge >= 0.3 is 72.9 Å². The smallest absolute Gasteiger partial charge is 0.736 e. The fourth-order valence-corrected chi connectivity index (χ4v) is 2.82. The van der Waals surface area contributed by atoms with Crippen molar-refractivity contribution in [1.82, 2.24) is 0 Å². The summed E-state index contributed by atoms with van der Waals surface area (Å²) in [6.45, 7) is 0. The van der Waals surface area contributed by atoms with Crippen molar-refractivity contribution >= 4 is 24.6 Å². The summed E-state index contributed by atoms with van der Waals surface area (Å²) < 4.78 is 21.2. The van der Waals surface area contributed by atoms with Gasteiger partial charge in [0.25, 0.3) is 0 Å². The third kappa shape index (κ3) is 6.24. The van der Waals surface area contributed by atoms with E-state index in [1.54, 1.807) is 30.3 Å². The van der Waals surface area contributed by atoms with E-state index in [0.29, 0.717) is 0 Å². The van der Waals surface area contributed by atoms with Crippen molar-refractivity contribution in [2.75, 3.05) is 0 Å². The molecule has 0 aliphatic heterocycles. The molecule has 0 aliphatic rings. The molecule has 3 rings (SSSR count). The molecular weight excluding hydrogens is 361 g/mol. The molecule has 0 heterocycles. The van der Waals surface area contributed by atoms with Gasteiger partial charge in [-0.1, -0.05) is 48.5 Å². The summed E-state index contributed by atoms with van der Waals surface area (Å²) in [6.07, 6.45) is 0. The molecule has 0 aliphatic carbocycles. The summed E-state index contributed by atoms with van der Waals surface area (Å²) in [5.74, 6) is -0.896. The molecule has 5 nitrogen and oxygen atoms in total. The van der Waals surface area contributed by atoms with Gasteiger partial charge in [0.15, 0.2) is 0 Å². The molecule has 0 saturated carbocycles. The minimum Gasteiger partial charge on any atom is -0.736 e. The molecule has 0 bridgehead atoms. The molecule has 0 fully saturated rings. The zero-order valence-electron chi connectivity index (χ0n) is 13.9. The van der Waals surface area contributed by atoms with Crippen molar-refractivity contribution in [3.05, 3.63) is 78.4 Å². The Morgan fingerprint density at radius 2 is 1.44 bits per heavy atom. The average Bonchev–Trinajstić information content (AvgIpc) is 2.54. The first kappa shape index (κ1) is 22.4. The number of hydrogen-bond donors (Lipinski definition) is 0. The largest absolute Gasteiger partial charge is 1.00 e. The van der Waals surface area contributed by atoms with Crippen LogP contribution in [0, 0.1) is 0 Å². The predicted octanol–water partition coefficient (Wildman–Crippen LogP) is -2.45. The zero-order valence-corrected chi connectivity index (χ0v) is 18.8. The van der Waals surface area contributed by atoms with E-state index in [9.17, 15) is 14.3 Å². The van der Waals surface area contributed by atoms with Crippen molar-refractivity contribution in [1.29, 1.82) is 0 Å². The van der Waals surface area contributed by atoms with Gasteiger partial charge in [-0.3, -0.25) is 0 Å². The first-order valence-corrected chi connectivity index (χ1v) is 8.28. The van der Waals surface area contributed by atoms with Crippen LogP contribution >= 0.6 is 7.82 Å². The van der Waals surface area contributed by atoms with Crippen LogP contribution in [0.4, 0.5) is 0 Å². The minimum absolute atomic E-state index is 0. The molecular formula is C17H12Na2O5P+. The summed E-state index contributed by atoms with van der Waals surface area (Å²) >= 11 is 0. The Labute approximate surface area is 189 Å². The maximum absolute atomic E-state index is 11.9. The molecule has 0 N–H and O–H groups in total. The zero-order chi connectivity index (χ0) is 16.3. The van der Waals surface area contributed by atoms with Crippen LogP contribution in [0.3, 0.4) is 0 Å². The molecule has 1 atom stereocenters. The standard InChI is InChI=1S/C17H13O5P.2Na/c18-17(14-7-2-1-3-8-14)22-23(19,20)21-16-11-10-13-6-4-5-9-15(13)12-16;;/h1-12H,(H,19,20);;/q;2*+1/p-1. The van der Waals surface area contributed by atoms with Crippen LogP contribution < -0.4 is 68.5 Å². The van der Waals surface area contributed by atoms with Crippen molar-refractivity contribution in [3.8, 4) is 5.75 Å². The van der Waals surface area contributed by atoms with Gasteiger partial charge in [-0.05, 0) is 35.0 Å². The summed E-state index contributed by atoms with van der Waals surface area (Å²) in [4.78, 5) is 23.7. The Kier molecular flexibility index (Phi) is 8.89. The van der Waals surface area contributed by atoms with Crippen LogP contribution in [0.1, 0.15) is 10.4 Å². The van der Waals surface area contributed by atoms with Gasteiger partial charge in [0, 0.05) is 0 Å². The first-order valence-electron chi connectivity index (χ1n) is 6.82. The predicted molar refractivity (Wildman–Crippen MR) is 84.0 cm³/mol. The summed E-state index contributed by atoms with van der Waals surface area (Å²) in [6, 6.07) is 20.1. The van der Waals surface area contributed by atoms with Gasteiger partial charge < -0.3 is 13.9 Å². The van der Waals surface area contributed by atoms with Gasteiger partial charge in [-0.25, -0.2) is 9.36 Å². The van der Waals surface area contributed by atoms with Crippen LogP contribution in [-0.4, -0.2) is 5.97 Å². The van der Waals surface area contributed by atoms with Crippen LogP contribution in [0.15, 0.2) is 72.8 Å². The Bertz CT molecular complexity index is 902. The van der Waals surface area contributed by atoms with E-state index in [1.165, 1.54) is 18.2 Å². The number of hydrogen-bond acceptors (Lipinski definition) is 5. The first-order chi connectivity index (χ1) is 11.0. The monoisotopic (exact) mass is 373 g/mol. The second-order valence-electron chi connectivity index (χ2n) is 4.79. The van der Waals surface area contributed by atoms with Crippen molar-refractivity contribution in [2.24, 2.45) is 0 Å². The molecule has 8 heteroatoms.